The van der Waals surface area contributed by atoms with E-state index in [4.69, 9.17) is 10.5 Å². The topological polar surface area (TPSA) is 160 Å². The molecule has 0 saturated heterocycles. The van der Waals surface area contributed by atoms with Gasteiger partial charge in [0.1, 0.15) is 18.7 Å². The van der Waals surface area contributed by atoms with E-state index >= 15 is 0 Å². The second kappa shape index (κ2) is 13.0. The van der Waals surface area contributed by atoms with E-state index in [1.54, 1.807) is 12.1 Å². The van der Waals surface area contributed by atoms with E-state index < -0.39 is 36.1 Å². The number of nitrogens with one attached hydrogen (secondary N) is 3. The molecule has 0 fully saturated rings. The zero-order valence-corrected chi connectivity index (χ0v) is 18.1. The Hall–Kier alpha value is -3.60. The fraction of sp³-hybridized carbons (Fsp3) is 0.333. The standard InChI is InChI=1S/C21H26N4O6S/c22-20(29)23-10-4-9-16(19(27)28)24-18(26)17(12-15-8-5-11-32-15)25-21(30)31-13-14-6-2-1-3-7-14/h1-3,5-8,11,16-17H,4,9-10,12-13H2,(H,24,26)(H,25,30)(H,27,28)(H3,22,23,29)/t16-,17-/m0/s1. The van der Waals surface area contributed by atoms with Crippen LogP contribution in [-0.4, -0.2) is 47.7 Å². The molecular weight excluding hydrogens is 436 g/mol. The Morgan fingerprint density at radius 1 is 1.03 bits per heavy atom. The Balaban J connectivity index is 1.97. The van der Waals surface area contributed by atoms with E-state index in [2.05, 4.69) is 16.0 Å². The normalized spacial score (nSPS) is 12.2. The molecule has 4 amide bonds. The minimum Gasteiger partial charge on any atom is -0.480 e. The third-order valence-electron chi connectivity index (χ3n) is 4.39. The summed E-state index contributed by atoms with van der Waals surface area (Å²) in [6.45, 7) is 0.211. The number of benzene rings is 1. The number of carbonyl (C=O) groups is 4. The van der Waals surface area contributed by atoms with Crippen molar-refractivity contribution < 1.29 is 29.0 Å². The van der Waals surface area contributed by atoms with Gasteiger partial charge in [0.25, 0.3) is 0 Å². The van der Waals surface area contributed by atoms with Crippen LogP contribution in [0.3, 0.4) is 0 Å². The summed E-state index contributed by atoms with van der Waals surface area (Å²) in [5.41, 5.74) is 5.76. The number of rotatable bonds is 12. The lowest BCUT2D eigenvalue weighted by Crippen LogP contribution is -2.52. The van der Waals surface area contributed by atoms with Crippen molar-refractivity contribution in [3.63, 3.8) is 0 Å². The molecule has 11 heteroatoms. The van der Waals surface area contributed by atoms with E-state index in [0.717, 1.165) is 10.4 Å². The summed E-state index contributed by atoms with van der Waals surface area (Å²) in [7, 11) is 0. The van der Waals surface area contributed by atoms with Crippen molar-refractivity contribution in [2.45, 2.75) is 38.0 Å². The first-order chi connectivity index (χ1) is 15.3. The average Bonchev–Trinajstić information content (AvgIpc) is 3.27. The maximum atomic E-state index is 12.8. The molecule has 6 N–H and O–H groups in total. The van der Waals surface area contributed by atoms with Crippen LogP contribution in [0.2, 0.25) is 0 Å². The Labute approximate surface area is 189 Å². The van der Waals surface area contributed by atoms with Gasteiger partial charge in [-0.3, -0.25) is 4.79 Å². The molecule has 0 spiro atoms. The van der Waals surface area contributed by atoms with Crippen LogP contribution in [0.4, 0.5) is 9.59 Å². The lowest BCUT2D eigenvalue weighted by Gasteiger charge is -2.21. The maximum absolute atomic E-state index is 12.8. The van der Waals surface area contributed by atoms with Gasteiger partial charge in [0, 0.05) is 17.8 Å². The molecule has 32 heavy (non-hydrogen) atoms. The molecule has 2 atom stereocenters. The number of hydrogen-bond donors (Lipinski definition) is 5. The van der Waals surface area contributed by atoms with Crippen molar-refractivity contribution in [3.05, 3.63) is 58.3 Å². The Morgan fingerprint density at radius 3 is 2.41 bits per heavy atom. The van der Waals surface area contributed by atoms with E-state index in [9.17, 15) is 24.3 Å². The highest BCUT2D eigenvalue weighted by molar-refractivity contribution is 7.09. The van der Waals surface area contributed by atoms with Gasteiger partial charge in [-0.15, -0.1) is 11.3 Å². The molecule has 0 aliphatic carbocycles. The number of thiophene rings is 1. The van der Waals surface area contributed by atoms with Crippen LogP contribution in [0.15, 0.2) is 47.8 Å². The minimum absolute atomic E-state index is 0.0324. The van der Waals surface area contributed by atoms with Gasteiger partial charge in [0.2, 0.25) is 5.91 Å². The molecule has 2 aromatic rings. The van der Waals surface area contributed by atoms with Crippen LogP contribution in [0.5, 0.6) is 0 Å². The number of ether oxygens (including phenoxy) is 1. The molecular formula is C21H26N4O6S. The van der Waals surface area contributed by atoms with E-state index in [0.29, 0.717) is 6.42 Å². The fourth-order valence-electron chi connectivity index (χ4n) is 2.79. The van der Waals surface area contributed by atoms with Crippen molar-refractivity contribution in [1.82, 2.24) is 16.0 Å². The van der Waals surface area contributed by atoms with E-state index in [-0.39, 0.29) is 26.0 Å². The monoisotopic (exact) mass is 462 g/mol. The zero-order chi connectivity index (χ0) is 23.3. The molecule has 0 radical (unpaired) electrons. The maximum Gasteiger partial charge on any atom is 0.408 e. The van der Waals surface area contributed by atoms with E-state index in [1.165, 1.54) is 11.3 Å². The molecule has 0 bridgehead atoms. The number of carboxylic acids is 1. The molecule has 0 saturated carbocycles. The fourth-order valence-corrected chi connectivity index (χ4v) is 3.55. The molecule has 1 aromatic carbocycles. The summed E-state index contributed by atoms with van der Waals surface area (Å²) >= 11 is 1.41. The quantitative estimate of drug-likeness (QED) is 0.301. The lowest BCUT2D eigenvalue weighted by atomic mass is 10.1. The minimum atomic E-state index is -1.22. The number of alkyl carbamates (subject to hydrolysis) is 1. The first-order valence-corrected chi connectivity index (χ1v) is 10.8. The van der Waals surface area contributed by atoms with Gasteiger partial charge < -0.3 is 31.5 Å². The number of urea groups is 1. The summed E-state index contributed by atoms with van der Waals surface area (Å²) in [5, 5.41) is 18.6. The number of nitrogens with two attached hydrogens (primary N) is 1. The summed E-state index contributed by atoms with van der Waals surface area (Å²) < 4.78 is 5.19. The van der Waals surface area contributed by atoms with Gasteiger partial charge in [-0.05, 0) is 29.9 Å². The molecule has 0 aliphatic heterocycles. The van der Waals surface area contributed by atoms with Crippen molar-refractivity contribution >= 4 is 35.3 Å². The summed E-state index contributed by atoms with van der Waals surface area (Å²) in [6, 6.07) is 9.77. The number of carbonyl (C=O) groups excluding carboxylic acids is 3. The first kappa shape index (κ1) is 24.7. The van der Waals surface area contributed by atoms with Crippen LogP contribution in [0, 0.1) is 0 Å². The smallest absolute Gasteiger partial charge is 0.408 e. The average molecular weight is 463 g/mol. The predicted molar refractivity (Wildman–Crippen MR) is 118 cm³/mol. The van der Waals surface area contributed by atoms with Crippen molar-refractivity contribution in [2.75, 3.05) is 6.54 Å². The number of aliphatic carboxylic acids is 1. The third-order valence-corrected chi connectivity index (χ3v) is 5.29. The second-order valence-electron chi connectivity index (χ2n) is 6.87. The van der Waals surface area contributed by atoms with Gasteiger partial charge in [-0.2, -0.15) is 0 Å². The van der Waals surface area contributed by atoms with Gasteiger partial charge in [-0.25, -0.2) is 14.4 Å². The third kappa shape index (κ3) is 9.04. The van der Waals surface area contributed by atoms with Crippen LogP contribution < -0.4 is 21.7 Å². The first-order valence-electron chi connectivity index (χ1n) is 9.91. The number of carboxylic acid groups (broad SMARTS) is 1. The molecule has 1 aromatic heterocycles. The van der Waals surface area contributed by atoms with Crippen molar-refractivity contribution in [3.8, 4) is 0 Å². The molecule has 172 valence electrons. The second-order valence-corrected chi connectivity index (χ2v) is 7.91. The molecule has 0 aliphatic rings. The van der Waals surface area contributed by atoms with Gasteiger partial charge in [0.05, 0.1) is 0 Å². The SMILES string of the molecule is NC(=O)NCCC[C@H](NC(=O)[C@H](Cc1cccs1)NC(=O)OCc1ccccc1)C(=O)O. The Bertz CT molecular complexity index is 891. The summed E-state index contributed by atoms with van der Waals surface area (Å²) in [5.74, 6) is -1.87. The number of primary amides is 1. The number of hydrogen-bond acceptors (Lipinski definition) is 6. The van der Waals surface area contributed by atoms with Crippen LogP contribution in [-0.2, 0) is 27.4 Å². The highest BCUT2D eigenvalue weighted by atomic mass is 32.1. The number of amides is 4. The Kier molecular flexibility index (Phi) is 9.98. The van der Waals surface area contributed by atoms with Crippen molar-refractivity contribution in [1.29, 1.82) is 0 Å². The predicted octanol–water partition coefficient (Wildman–Crippen LogP) is 1.60. The van der Waals surface area contributed by atoms with Crippen LogP contribution in [0.1, 0.15) is 23.3 Å². The summed E-state index contributed by atoms with van der Waals surface area (Å²) in [4.78, 5) is 48.2. The van der Waals surface area contributed by atoms with E-state index in [1.807, 2.05) is 35.7 Å². The highest BCUT2D eigenvalue weighted by Crippen LogP contribution is 2.12. The van der Waals surface area contributed by atoms with Gasteiger partial charge >= 0.3 is 18.1 Å². The van der Waals surface area contributed by atoms with Crippen molar-refractivity contribution in [2.24, 2.45) is 5.73 Å². The van der Waals surface area contributed by atoms with Crippen LogP contribution >= 0.6 is 11.3 Å². The molecule has 1 heterocycles. The molecule has 10 nitrogen and oxygen atoms in total. The molecule has 0 unspecified atom stereocenters. The summed E-state index contributed by atoms with van der Waals surface area (Å²) in [6.07, 6.45) is -0.240. The Morgan fingerprint density at radius 2 is 1.78 bits per heavy atom. The van der Waals surface area contributed by atoms with Gasteiger partial charge in [-0.1, -0.05) is 36.4 Å². The largest absolute Gasteiger partial charge is 0.480 e. The highest BCUT2D eigenvalue weighted by Gasteiger charge is 2.27. The molecule has 2 rings (SSSR count). The zero-order valence-electron chi connectivity index (χ0n) is 17.3. The lowest BCUT2D eigenvalue weighted by molar-refractivity contribution is -0.142. The van der Waals surface area contributed by atoms with Crippen LogP contribution in [0.25, 0.3) is 0 Å². The van der Waals surface area contributed by atoms with Gasteiger partial charge in [0.15, 0.2) is 0 Å².